The second-order valence-corrected chi connectivity index (χ2v) is 9.05. The zero-order valence-corrected chi connectivity index (χ0v) is 19.8. The SMILES string of the molecule is O=C(c1ccccc1)N1CCCN(c2nc3ccccc3c3nnc(-c4ccc(Cl)cc4)n23)CC1. The number of anilines is 1. The minimum Gasteiger partial charge on any atom is -0.340 e. The third-order valence-corrected chi connectivity index (χ3v) is 6.67. The van der Waals surface area contributed by atoms with Crippen LogP contribution >= 0.6 is 11.6 Å². The zero-order chi connectivity index (χ0) is 23.8. The van der Waals surface area contributed by atoms with E-state index in [4.69, 9.17) is 16.6 Å². The fourth-order valence-corrected chi connectivity index (χ4v) is 4.77. The van der Waals surface area contributed by atoms with Crippen LogP contribution in [0.15, 0.2) is 78.9 Å². The van der Waals surface area contributed by atoms with Gasteiger partial charge in [-0.2, -0.15) is 0 Å². The third-order valence-electron chi connectivity index (χ3n) is 6.42. The summed E-state index contributed by atoms with van der Waals surface area (Å²) in [4.78, 5) is 22.3. The molecule has 1 aliphatic heterocycles. The molecule has 3 aromatic carbocycles. The number of benzene rings is 3. The van der Waals surface area contributed by atoms with Gasteiger partial charge in [0.05, 0.1) is 5.52 Å². The first-order valence-electron chi connectivity index (χ1n) is 11.7. The molecule has 174 valence electrons. The molecule has 0 N–H and O–H groups in total. The number of rotatable bonds is 3. The lowest BCUT2D eigenvalue weighted by Crippen LogP contribution is -2.35. The van der Waals surface area contributed by atoms with E-state index in [1.54, 1.807) is 0 Å². The Bertz CT molecular complexity index is 1520. The fraction of sp³-hybridized carbons (Fsp3) is 0.185. The van der Waals surface area contributed by atoms with Crippen LogP contribution in [-0.2, 0) is 0 Å². The number of aromatic nitrogens is 4. The van der Waals surface area contributed by atoms with Gasteiger partial charge in [0.1, 0.15) is 0 Å². The molecule has 0 spiro atoms. The van der Waals surface area contributed by atoms with Crippen LogP contribution in [0.2, 0.25) is 5.02 Å². The number of hydrogen-bond donors (Lipinski definition) is 0. The Morgan fingerprint density at radius 3 is 2.40 bits per heavy atom. The van der Waals surface area contributed by atoms with E-state index in [2.05, 4.69) is 15.1 Å². The average molecular weight is 483 g/mol. The van der Waals surface area contributed by atoms with Crippen molar-refractivity contribution in [3.63, 3.8) is 0 Å². The molecule has 1 saturated heterocycles. The van der Waals surface area contributed by atoms with Gasteiger partial charge in [-0.25, -0.2) is 9.38 Å². The molecule has 0 unspecified atom stereocenters. The van der Waals surface area contributed by atoms with Crippen LogP contribution in [0.25, 0.3) is 27.9 Å². The van der Waals surface area contributed by atoms with Gasteiger partial charge in [0.15, 0.2) is 11.5 Å². The van der Waals surface area contributed by atoms with Crippen molar-refractivity contribution in [1.82, 2.24) is 24.5 Å². The molecule has 1 fully saturated rings. The van der Waals surface area contributed by atoms with Crippen LogP contribution in [0.5, 0.6) is 0 Å². The maximum Gasteiger partial charge on any atom is 0.253 e. The Morgan fingerprint density at radius 1 is 0.800 bits per heavy atom. The van der Waals surface area contributed by atoms with Gasteiger partial charge in [-0.15, -0.1) is 10.2 Å². The average Bonchev–Trinajstić information content (AvgIpc) is 3.20. The van der Waals surface area contributed by atoms with Crippen LogP contribution in [0.1, 0.15) is 16.8 Å². The summed E-state index contributed by atoms with van der Waals surface area (Å²) in [5.74, 6) is 1.56. The Labute approximate surface area is 207 Å². The van der Waals surface area contributed by atoms with Crippen molar-refractivity contribution in [3.05, 3.63) is 89.4 Å². The second kappa shape index (κ2) is 9.00. The standard InChI is InChI=1S/C27H23ClN6O/c28-21-13-11-19(12-14-21)24-30-31-25-22-9-4-5-10-23(22)29-27(34(24)25)33-16-6-15-32(17-18-33)26(35)20-7-2-1-3-8-20/h1-5,7-14H,6,15-18H2. The molecule has 1 aliphatic rings. The summed E-state index contributed by atoms with van der Waals surface area (Å²) in [6.07, 6.45) is 0.840. The van der Waals surface area contributed by atoms with E-state index in [1.807, 2.05) is 88.2 Å². The number of nitrogens with zero attached hydrogens (tertiary/aromatic N) is 6. The van der Waals surface area contributed by atoms with Gasteiger partial charge >= 0.3 is 0 Å². The molecule has 0 aliphatic carbocycles. The van der Waals surface area contributed by atoms with Gasteiger partial charge in [-0.3, -0.25) is 4.79 Å². The van der Waals surface area contributed by atoms with E-state index in [0.29, 0.717) is 30.5 Å². The predicted octanol–water partition coefficient (Wildman–Crippen LogP) is 4.95. The van der Waals surface area contributed by atoms with Crippen LogP contribution in [0, 0.1) is 0 Å². The van der Waals surface area contributed by atoms with Gasteiger partial charge in [-0.1, -0.05) is 41.9 Å². The van der Waals surface area contributed by atoms with Gasteiger partial charge in [-0.05, 0) is 55.0 Å². The first-order valence-corrected chi connectivity index (χ1v) is 12.1. The molecule has 0 bridgehead atoms. The number of carbonyl (C=O) groups is 1. The lowest BCUT2D eigenvalue weighted by Gasteiger charge is -2.24. The maximum atomic E-state index is 13.1. The van der Waals surface area contributed by atoms with Crippen molar-refractivity contribution in [1.29, 1.82) is 0 Å². The maximum absolute atomic E-state index is 13.1. The Hall–Kier alpha value is -3.97. The Morgan fingerprint density at radius 2 is 1.57 bits per heavy atom. The van der Waals surface area contributed by atoms with Gasteiger partial charge in [0.25, 0.3) is 5.91 Å². The lowest BCUT2D eigenvalue weighted by molar-refractivity contribution is 0.0767. The fourth-order valence-electron chi connectivity index (χ4n) is 4.65. The molecule has 8 heteroatoms. The molecule has 3 heterocycles. The summed E-state index contributed by atoms with van der Waals surface area (Å²) in [6.45, 7) is 2.75. The largest absolute Gasteiger partial charge is 0.340 e. The van der Waals surface area contributed by atoms with Crippen molar-refractivity contribution < 1.29 is 4.79 Å². The van der Waals surface area contributed by atoms with Crippen molar-refractivity contribution in [2.24, 2.45) is 0 Å². The van der Waals surface area contributed by atoms with Crippen LogP contribution < -0.4 is 4.90 Å². The molecule has 6 rings (SSSR count). The van der Waals surface area contributed by atoms with Gasteiger partial charge in [0.2, 0.25) is 5.95 Å². The van der Waals surface area contributed by atoms with E-state index in [-0.39, 0.29) is 5.91 Å². The molecular weight excluding hydrogens is 460 g/mol. The third kappa shape index (κ3) is 3.98. The first kappa shape index (κ1) is 21.6. The predicted molar refractivity (Wildman–Crippen MR) is 138 cm³/mol. The van der Waals surface area contributed by atoms with Crippen LogP contribution in [-0.4, -0.2) is 56.6 Å². The number of amides is 1. The first-order chi connectivity index (χ1) is 17.2. The molecule has 0 saturated carbocycles. The minimum absolute atomic E-state index is 0.0650. The highest BCUT2D eigenvalue weighted by Gasteiger charge is 2.25. The summed E-state index contributed by atoms with van der Waals surface area (Å²) in [7, 11) is 0. The highest BCUT2D eigenvalue weighted by atomic mass is 35.5. The van der Waals surface area contributed by atoms with Crippen LogP contribution in [0.4, 0.5) is 5.95 Å². The smallest absolute Gasteiger partial charge is 0.253 e. The topological polar surface area (TPSA) is 66.6 Å². The number of halogens is 1. The van der Waals surface area contributed by atoms with Gasteiger partial charge in [0, 0.05) is 47.7 Å². The van der Waals surface area contributed by atoms with Crippen molar-refractivity contribution in [2.45, 2.75) is 6.42 Å². The van der Waals surface area contributed by atoms with Crippen molar-refractivity contribution in [2.75, 3.05) is 31.1 Å². The van der Waals surface area contributed by atoms with Crippen molar-refractivity contribution in [3.8, 4) is 11.4 Å². The molecule has 1 amide bonds. The highest BCUT2D eigenvalue weighted by Crippen LogP contribution is 2.29. The molecular formula is C27H23ClN6O. The molecule has 5 aromatic rings. The van der Waals surface area contributed by atoms with E-state index < -0.39 is 0 Å². The van der Waals surface area contributed by atoms with E-state index in [0.717, 1.165) is 46.6 Å². The quantitative estimate of drug-likeness (QED) is 0.364. The summed E-state index contributed by atoms with van der Waals surface area (Å²) < 4.78 is 2.03. The highest BCUT2D eigenvalue weighted by molar-refractivity contribution is 6.30. The van der Waals surface area contributed by atoms with Gasteiger partial charge < -0.3 is 9.80 Å². The summed E-state index contributed by atoms with van der Waals surface area (Å²) in [6, 6.07) is 25.0. The van der Waals surface area contributed by atoms with Crippen molar-refractivity contribution >= 4 is 40.0 Å². The number of hydrogen-bond acceptors (Lipinski definition) is 5. The molecule has 0 atom stereocenters. The normalized spacial score (nSPS) is 14.4. The number of carbonyl (C=O) groups excluding carboxylic acids is 1. The van der Waals surface area contributed by atoms with E-state index >= 15 is 0 Å². The summed E-state index contributed by atoms with van der Waals surface area (Å²) in [5, 5.41) is 10.7. The summed E-state index contributed by atoms with van der Waals surface area (Å²) in [5.41, 5.74) is 3.26. The second-order valence-electron chi connectivity index (χ2n) is 8.62. The number of fused-ring (bicyclic) bond motifs is 3. The van der Waals surface area contributed by atoms with E-state index in [9.17, 15) is 4.79 Å². The monoisotopic (exact) mass is 482 g/mol. The van der Waals surface area contributed by atoms with Crippen LogP contribution in [0.3, 0.4) is 0 Å². The molecule has 0 radical (unpaired) electrons. The Balaban J connectivity index is 1.41. The molecule has 7 nitrogen and oxygen atoms in total. The molecule has 35 heavy (non-hydrogen) atoms. The van der Waals surface area contributed by atoms with E-state index in [1.165, 1.54) is 0 Å². The zero-order valence-electron chi connectivity index (χ0n) is 19.0. The lowest BCUT2D eigenvalue weighted by atomic mass is 10.2. The number of para-hydroxylation sites is 1. The Kier molecular flexibility index (Phi) is 5.54. The summed E-state index contributed by atoms with van der Waals surface area (Å²) >= 11 is 6.13. The minimum atomic E-state index is 0.0650. The molecule has 2 aromatic heterocycles.